The zero-order valence-electron chi connectivity index (χ0n) is 20.6. The summed E-state index contributed by atoms with van der Waals surface area (Å²) in [5, 5.41) is 0.847. The molecule has 5 rings (SSSR count). The van der Waals surface area contributed by atoms with Crippen LogP contribution in [0.25, 0.3) is 10.9 Å². The van der Waals surface area contributed by atoms with Crippen LogP contribution >= 0.6 is 0 Å². The molecule has 0 saturated heterocycles. The van der Waals surface area contributed by atoms with Crippen LogP contribution in [-0.2, 0) is 13.0 Å². The second-order valence-corrected chi connectivity index (χ2v) is 9.80. The zero-order valence-corrected chi connectivity index (χ0v) is 20.6. The van der Waals surface area contributed by atoms with Crippen LogP contribution in [0.5, 0.6) is 5.75 Å². The predicted octanol–water partition coefficient (Wildman–Crippen LogP) is 7.22. The van der Waals surface area contributed by atoms with E-state index in [2.05, 4.69) is 23.4 Å². The van der Waals surface area contributed by atoms with Crippen LogP contribution in [0, 0.1) is 11.6 Å². The van der Waals surface area contributed by atoms with Crippen molar-refractivity contribution in [2.24, 2.45) is 0 Å². The van der Waals surface area contributed by atoms with E-state index in [9.17, 15) is 13.6 Å². The van der Waals surface area contributed by atoms with Crippen molar-refractivity contribution in [3.05, 3.63) is 83.2 Å². The molecule has 0 amide bonds. The van der Waals surface area contributed by atoms with E-state index in [4.69, 9.17) is 9.15 Å². The van der Waals surface area contributed by atoms with Crippen LogP contribution in [0.2, 0.25) is 0 Å². The molecule has 0 bridgehead atoms. The fraction of sp³-hybridized carbons (Fsp3) is 0.379. The number of hydrogen-bond acceptors (Lipinski definition) is 4. The summed E-state index contributed by atoms with van der Waals surface area (Å²) in [5.41, 5.74) is 3.03. The molecule has 2 aromatic carbocycles. The highest BCUT2D eigenvalue weighted by Gasteiger charge is 2.26. The van der Waals surface area contributed by atoms with E-state index in [0.29, 0.717) is 30.0 Å². The Morgan fingerprint density at radius 3 is 2.64 bits per heavy atom. The van der Waals surface area contributed by atoms with Gasteiger partial charge in [-0.1, -0.05) is 19.9 Å². The summed E-state index contributed by atoms with van der Waals surface area (Å²) in [6.07, 6.45) is 8.35. The van der Waals surface area contributed by atoms with Gasteiger partial charge in [-0.2, -0.15) is 0 Å². The number of rotatable bonds is 9. The molecule has 1 fully saturated rings. The van der Waals surface area contributed by atoms with E-state index in [-0.39, 0.29) is 24.2 Å². The molecule has 2 aromatic heterocycles. The van der Waals surface area contributed by atoms with Crippen LogP contribution in [-0.4, -0.2) is 21.4 Å². The zero-order chi connectivity index (χ0) is 25.2. The Kier molecular flexibility index (Phi) is 6.90. The van der Waals surface area contributed by atoms with Crippen molar-refractivity contribution in [3.8, 4) is 5.75 Å². The van der Waals surface area contributed by atoms with Crippen LogP contribution < -0.4 is 4.74 Å². The van der Waals surface area contributed by atoms with Crippen molar-refractivity contribution in [1.29, 1.82) is 0 Å². The van der Waals surface area contributed by atoms with Crippen molar-refractivity contribution in [2.75, 3.05) is 0 Å². The summed E-state index contributed by atoms with van der Waals surface area (Å²) < 4.78 is 40.9. The van der Waals surface area contributed by atoms with Crippen molar-refractivity contribution >= 4 is 16.7 Å². The standard InChI is InChI=1S/C29H30F2N2O3/c1-18(2)29-28(26(34)12-8-19-7-11-23(30)24(31)15-19)22-10-9-21(36-20-5-3-4-6-20)16-25(22)33(29)17-27-32-13-14-35-27/h7,9-11,13-16,18,20H,3-6,8,12,17H2,1-2H3. The number of fused-ring (bicyclic) bond motifs is 1. The van der Waals surface area contributed by atoms with Gasteiger partial charge in [0.05, 0.1) is 24.4 Å². The molecule has 0 atom stereocenters. The molecule has 0 spiro atoms. The molecule has 0 radical (unpaired) electrons. The number of nitrogens with zero attached hydrogens (tertiary/aromatic N) is 2. The molecule has 2 heterocycles. The molecule has 5 nitrogen and oxygen atoms in total. The Labute approximate surface area is 209 Å². The monoisotopic (exact) mass is 492 g/mol. The summed E-state index contributed by atoms with van der Waals surface area (Å²) in [7, 11) is 0. The predicted molar refractivity (Wildman–Crippen MR) is 134 cm³/mol. The summed E-state index contributed by atoms with van der Waals surface area (Å²) in [5.74, 6) is -0.441. The van der Waals surface area contributed by atoms with Crippen molar-refractivity contribution < 1.29 is 22.7 Å². The van der Waals surface area contributed by atoms with E-state index in [1.54, 1.807) is 12.5 Å². The number of carbonyl (C=O) groups is 1. The minimum Gasteiger partial charge on any atom is -0.490 e. The van der Waals surface area contributed by atoms with Gasteiger partial charge in [0.1, 0.15) is 12.0 Å². The van der Waals surface area contributed by atoms with Gasteiger partial charge in [-0.05, 0) is 67.9 Å². The molecule has 0 aliphatic heterocycles. The molecule has 188 valence electrons. The third-order valence-electron chi connectivity index (χ3n) is 6.91. The number of halogens is 2. The third kappa shape index (κ3) is 4.92. The highest BCUT2D eigenvalue weighted by molar-refractivity contribution is 6.10. The maximum atomic E-state index is 13.7. The second-order valence-electron chi connectivity index (χ2n) is 9.80. The lowest BCUT2D eigenvalue weighted by atomic mass is 9.96. The number of Topliss-reactive ketones (excluding diaryl/α,β-unsaturated/α-hetero) is 1. The topological polar surface area (TPSA) is 57.3 Å². The van der Waals surface area contributed by atoms with Gasteiger partial charge in [0.25, 0.3) is 0 Å². The molecule has 1 saturated carbocycles. The first-order valence-corrected chi connectivity index (χ1v) is 12.6. The lowest BCUT2D eigenvalue weighted by molar-refractivity contribution is 0.0982. The number of benzene rings is 2. The summed E-state index contributed by atoms with van der Waals surface area (Å²) >= 11 is 0. The maximum Gasteiger partial charge on any atom is 0.213 e. The van der Waals surface area contributed by atoms with Gasteiger partial charge in [0.2, 0.25) is 5.89 Å². The van der Waals surface area contributed by atoms with Gasteiger partial charge in [-0.3, -0.25) is 4.79 Å². The van der Waals surface area contributed by atoms with Crippen LogP contribution in [0.15, 0.2) is 53.3 Å². The van der Waals surface area contributed by atoms with Crippen molar-refractivity contribution in [3.63, 3.8) is 0 Å². The van der Waals surface area contributed by atoms with Gasteiger partial charge >= 0.3 is 0 Å². The first-order chi connectivity index (χ1) is 17.4. The highest BCUT2D eigenvalue weighted by atomic mass is 19.2. The largest absolute Gasteiger partial charge is 0.490 e. The third-order valence-corrected chi connectivity index (χ3v) is 6.91. The first-order valence-electron chi connectivity index (χ1n) is 12.6. The van der Waals surface area contributed by atoms with E-state index >= 15 is 0 Å². The number of carbonyl (C=O) groups excluding carboxylic acids is 1. The minimum absolute atomic E-state index is 0.0379. The van der Waals surface area contributed by atoms with E-state index < -0.39 is 11.6 Å². The molecular weight excluding hydrogens is 462 g/mol. The van der Waals surface area contributed by atoms with Gasteiger partial charge < -0.3 is 13.7 Å². The van der Waals surface area contributed by atoms with Gasteiger partial charge in [0.15, 0.2) is 17.4 Å². The lowest BCUT2D eigenvalue weighted by Gasteiger charge is -2.15. The molecule has 7 heteroatoms. The van der Waals surface area contributed by atoms with E-state index in [1.807, 2.05) is 18.2 Å². The molecule has 0 unspecified atom stereocenters. The Morgan fingerprint density at radius 2 is 1.94 bits per heavy atom. The minimum atomic E-state index is -0.903. The Hall–Kier alpha value is -3.48. The molecular formula is C29H30F2N2O3. The van der Waals surface area contributed by atoms with Gasteiger partial charge in [0, 0.05) is 29.1 Å². The van der Waals surface area contributed by atoms with Crippen molar-refractivity contribution in [1.82, 2.24) is 9.55 Å². The van der Waals surface area contributed by atoms with E-state index in [0.717, 1.165) is 47.3 Å². The molecule has 1 aliphatic carbocycles. The van der Waals surface area contributed by atoms with Crippen LogP contribution in [0.3, 0.4) is 0 Å². The fourth-order valence-corrected chi connectivity index (χ4v) is 5.23. The van der Waals surface area contributed by atoms with Gasteiger partial charge in [-0.15, -0.1) is 0 Å². The summed E-state index contributed by atoms with van der Waals surface area (Å²) in [6.45, 7) is 4.51. The summed E-state index contributed by atoms with van der Waals surface area (Å²) in [6, 6.07) is 9.68. The lowest BCUT2D eigenvalue weighted by Crippen LogP contribution is -2.11. The number of oxazole rings is 1. The van der Waals surface area contributed by atoms with Crippen molar-refractivity contribution in [2.45, 2.75) is 70.9 Å². The average molecular weight is 493 g/mol. The number of aromatic nitrogens is 2. The molecule has 0 N–H and O–H groups in total. The Morgan fingerprint density at radius 1 is 1.14 bits per heavy atom. The molecule has 36 heavy (non-hydrogen) atoms. The number of ketones is 1. The first kappa shape index (κ1) is 24.2. The highest BCUT2D eigenvalue weighted by Crippen LogP contribution is 2.36. The number of ether oxygens (including phenoxy) is 1. The van der Waals surface area contributed by atoms with E-state index in [1.165, 1.54) is 18.9 Å². The SMILES string of the molecule is CC(C)c1c(C(=O)CCc2ccc(F)c(F)c2)c2ccc(OC3CCCC3)cc2n1Cc1ncco1. The maximum absolute atomic E-state index is 13.7. The quantitative estimate of drug-likeness (QED) is 0.232. The number of aryl methyl sites for hydroxylation is 1. The Bertz CT molecular complexity index is 1370. The second kappa shape index (κ2) is 10.2. The molecule has 4 aromatic rings. The Balaban J connectivity index is 1.54. The smallest absolute Gasteiger partial charge is 0.213 e. The normalized spacial score (nSPS) is 14.2. The van der Waals surface area contributed by atoms with Gasteiger partial charge in [-0.25, -0.2) is 13.8 Å². The number of hydrogen-bond donors (Lipinski definition) is 0. The molecule has 1 aliphatic rings. The average Bonchev–Trinajstić information content (AvgIpc) is 3.61. The summed E-state index contributed by atoms with van der Waals surface area (Å²) in [4.78, 5) is 17.9. The van der Waals surface area contributed by atoms with Crippen LogP contribution in [0.4, 0.5) is 8.78 Å². The van der Waals surface area contributed by atoms with Crippen LogP contribution in [0.1, 0.15) is 79.4 Å². The fourth-order valence-electron chi connectivity index (χ4n) is 5.23.